The van der Waals surface area contributed by atoms with Crippen molar-refractivity contribution in [2.24, 2.45) is 0 Å². The molecule has 2 aromatic carbocycles. The highest BCUT2D eigenvalue weighted by atomic mass is 35.5. The van der Waals surface area contributed by atoms with Crippen LogP contribution < -0.4 is 10.6 Å². The first-order valence-corrected chi connectivity index (χ1v) is 8.45. The van der Waals surface area contributed by atoms with E-state index in [2.05, 4.69) is 10.6 Å². The van der Waals surface area contributed by atoms with Crippen molar-refractivity contribution in [3.8, 4) is 0 Å². The minimum atomic E-state index is -0.364. The van der Waals surface area contributed by atoms with Crippen LogP contribution in [0.5, 0.6) is 0 Å². The van der Waals surface area contributed by atoms with Crippen LogP contribution >= 0.6 is 12.4 Å². The zero-order valence-corrected chi connectivity index (χ0v) is 15.4. The first-order valence-electron chi connectivity index (χ1n) is 8.45. The number of rotatable bonds is 5. The zero-order chi connectivity index (χ0) is 17.8. The third kappa shape index (κ3) is 4.68. The van der Waals surface area contributed by atoms with Gasteiger partial charge in [0.15, 0.2) is 5.78 Å². The van der Waals surface area contributed by atoms with E-state index in [1.165, 1.54) is 0 Å². The molecule has 1 heterocycles. The lowest BCUT2D eigenvalue weighted by molar-refractivity contribution is -0.116. The molecule has 2 N–H and O–H groups in total. The number of carbonyl (C=O) groups excluding carboxylic acids is 2. The number of amides is 1. The molecule has 1 aliphatic heterocycles. The normalized spacial score (nSPS) is 12.7. The van der Waals surface area contributed by atoms with Gasteiger partial charge in [-0.25, -0.2) is 4.39 Å². The first kappa shape index (κ1) is 20.1. The van der Waals surface area contributed by atoms with Gasteiger partial charge in [-0.2, -0.15) is 0 Å². The molecule has 1 aliphatic rings. The second-order valence-corrected chi connectivity index (χ2v) is 6.33. The minimum absolute atomic E-state index is 0. The lowest BCUT2D eigenvalue weighted by Crippen LogP contribution is -2.25. The standard InChI is InChI=1S/C20H21FN2O2.ClH/c1-13-2-4-14(5-3-13)18(24)8-9-19(25)23-17-7-6-15-12-22-11-10-16(15)20(17)21;/h2-7,22H,8-12H2,1H3,(H,23,25);1H. The van der Waals surface area contributed by atoms with Crippen LogP contribution in [0.4, 0.5) is 10.1 Å². The number of halogens is 2. The highest BCUT2D eigenvalue weighted by molar-refractivity contribution is 6.00. The van der Waals surface area contributed by atoms with Crippen molar-refractivity contribution in [3.05, 3.63) is 64.5 Å². The molecule has 0 spiro atoms. The van der Waals surface area contributed by atoms with Crippen LogP contribution in [0.3, 0.4) is 0 Å². The number of nitrogens with one attached hydrogen (secondary N) is 2. The van der Waals surface area contributed by atoms with Crippen LogP contribution in [0, 0.1) is 12.7 Å². The van der Waals surface area contributed by atoms with Gasteiger partial charge in [0.2, 0.25) is 5.91 Å². The average molecular weight is 377 g/mol. The molecule has 3 rings (SSSR count). The molecule has 0 aromatic heterocycles. The van der Waals surface area contributed by atoms with E-state index >= 15 is 0 Å². The maximum absolute atomic E-state index is 14.5. The lowest BCUT2D eigenvalue weighted by Gasteiger charge is -2.19. The molecule has 26 heavy (non-hydrogen) atoms. The third-order valence-electron chi connectivity index (χ3n) is 4.43. The smallest absolute Gasteiger partial charge is 0.224 e. The summed E-state index contributed by atoms with van der Waals surface area (Å²) in [7, 11) is 0. The quantitative estimate of drug-likeness (QED) is 0.780. The van der Waals surface area contributed by atoms with E-state index in [0.29, 0.717) is 24.1 Å². The Morgan fingerprint density at radius 3 is 2.58 bits per heavy atom. The Hall–Kier alpha value is -2.24. The first-order chi connectivity index (χ1) is 12.0. The van der Waals surface area contributed by atoms with Gasteiger partial charge in [0.1, 0.15) is 5.82 Å². The topological polar surface area (TPSA) is 58.2 Å². The van der Waals surface area contributed by atoms with Crippen molar-refractivity contribution in [3.63, 3.8) is 0 Å². The number of hydrogen-bond donors (Lipinski definition) is 2. The molecule has 6 heteroatoms. The largest absolute Gasteiger partial charge is 0.324 e. The van der Waals surface area contributed by atoms with Crippen molar-refractivity contribution in [1.29, 1.82) is 0 Å². The fraction of sp³-hybridized carbons (Fsp3) is 0.300. The summed E-state index contributed by atoms with van der Waals surface area (Å²) in [4.78, 5) is 24.2. The molecule has 0 radical (unpaired) electrons. The number of anilines is 1. The number of hydrogen-bond acceptors (Lipinski definition) is 3. The number of Topliss-reactive ketones (excluding diaryl/α,β-unsaturated/α-hetero) is 1. The maximum atomic E-state index is 14.5. The Morgan fingerprint density at radius 1 is 1.12 bits per heavy atom. The summed E-state index contributed by atoms with van der Waals surface area (Å²) in [5.41, 5.74) is 3.44. The van der Waals surface area contributed by atoms with E-state index in [4.69, 9.17) is 0 Å². The molecule has 0 aliphatic carbocycles. The van der Waals surface area contributed by atoms with Crippen LogP contribution in [0.1, 0.15) is 39.9 Å². The van der Waals surface area contributed by atoms with Gasteiger partial charge in [-0.15, -0.1) is 12.4 Å². The Labute approximate surface area is 158 Å². The van der Waals surface area contributed by atoms with Crippen molar-refractivity contribution in [1.82, 2.24) is 5.32 Å². The molecule has 0 bridgehead atoms. The van der Waals surface area contributed by atoms with Crippen LogP contribution in [-0.4, -0.2) is 18.2 Å². The Kier molecular flexibility index (Phi) is 6.89. The second-order valence-electron chi connectivity index (χ2n) is 6.33. The lowest BCUT2D eigenvalue weighted by atomic mass is 9.99. The number of carbonyl (C=O) groups is 2. The SMILES string of the molecule is Cc1ccc(C(=O)CCC(=O)Nc2ccc3c(c2F)CCNC3)cc1.Cl. The number of fused-ring (bicyclic) bond motifs is 1. The summed E-state index contributed by atoms with van der Waals surface area (Å²) in [5, 5.41) is 5.78. The van der Waals surface area contributed by atoms with E-state index in [1.54, 1.807) is 18.2 Å². The van der Waals surface area contributed by atoms with Gasteiger partial charge in [-0.3, -0.25) is 9.59 Å². The molecular formula is C20H22ClFN2O2. The van der Waals surface area contributed by atoms with E-state index < -0.39 is 0 Å². The molecule has 0 unspecified atom stereocenters. The van der Waals surface area contributed by atoms with E-state index in [1.807, 2.05) is 25.1 Å². The van der Waals surface area contributed by atoms with Crippen molar-refractivity contribution >= 4 is 29.8 Å². The van der Waals surface area contributed by atoms with E-state index in [0.717, 1.165) is 17.7 Å². The van der Waals surface area contributed by atoms with Gasteiger partial charge in [-0.05, 0) is 37.1 Å². The van der Waals surface area contributed by atoms with E-state index in [9.17, 15) is 14.0 Å². The summed E-state index contributed by atoms with van der Waals surface area (Å²) in [6.07, 6.45) is 0.743. The fourth-order valence-corrected chi connectivity index (χ4v) is 2.95. The number of benzene rings is 2. The van der Waals surface area contributed by atoms with Gasteiger partial charge in [0, 0.05) is 24.9 Å². The summed E-state index contributed by atoms with van der Waals surface area (Å²) in [6, 6.07) is 10.7. The van der Waals surface area contributed by atoms with Crippen molar-refractivity contribution in [2.75, 3.05) is 11.9 Å². The van der Waals surface area contributed by atoms with Crippen LogP contribution in [0.15, 0.2) is 36.4 Å². The van der Waals surface area contributed by atoms with Gasteiger partial charge in [0.25, 0.3) is 0 Å². The van der Waals surface area contributed by atoms with Crippen LogP contribution in [0.25, 0.3) is 0 Å². The molecule has 138 valence electrons. The minimum Gasteiger partial charge on any atom is -0.324 e. The summed E-state index contributed by atoms with van der Waals surface area (Å²) in [6.45, 7) is 3.32. The van der Waals surface area contributed by atoms with Crippen LogP contribution in [0.2, 0.25) is 0 Å². The number of aryl methyl sites for hydroxylation is 1. The van der Waals surface area contributed by atoms with E-state index in [-0.39, 0.29) is 48.4 Å². The Balaban J connectivity index is 0.00000243. The highest BCUT2D eigenvalue weighted by Gasteiger charge is 2.18. The fourth-order valence-electron chi connectivity index (χ4n) is 2.95. The molecule has 2 aromatic rings. The molecule has 0 atom stereocenters. The number of ketones is 1. The van der Waals surface area contributed by atoms with Gasteiger partial charge in [0.05, 0.1) is 5.69 Å². The zero-order valence-electron chi connectivity index (χ0n) is 14.6. The summed E-state index contributed by atoms with van der Waals surface area (Å²) < 4.78 is 14.5. The predicted octanol–water partition coefficient (Wildman–Crippen LogP) is 3.80. The summed E-state index contributed by atoms with van der Waals surface area (Å²) in [5.74, 6) is -0.808. The molecule has 0 saturated heterocycles. The van der Waals surface area contributed by atoms with Gasteiger partial charge < -0.3 is 10.6 Å². The van der Waals surface area contributed by atoms with Gasteiger partial charge >= 0.3 is 0 Å². The molecule has 4 nitrogen and oxygen atoms in total. The second kappa shape index (κ2) is 8.92. The predicted molar refractivity (Wildman–Crippen MR) is 102 cm³/mol. The third-order valence-corrected chi connectivity index (χ3v) is 4.43. The highest BCUT2D eigenvalue weighted by Crippen LogP contribution is 2.24. The van der Waals surface area contributed by atoms with Gasteiger partial charge in [-0.1, -0.05) is 35.9 Å². The van der Waals surface area contributed by atoms with Crippen molar-refractivity contribution < 1.29 is 14.0 Å². The molecular weight excluding hydrogens is 355 g/mol. The van der Waals surface area contributed by atoms with Crippen molar-refractivity contribution in [2.45, 2.75) is 32.7 Å². The molecule has 1 amide bonds. The van der Waals surface area contributed by atoms with Crippen LogP contribution in [-0.2, 0) is 17.8 Å². The maximum Gasteiger partial charge on any atom is 0.224 e. The summed E-state index contributed by atoms with van der Waals surface area (Å²) >= 11 is 0. The molecule has 0 saturated carbocycles. The monoisotopic (exact) mass is 376 g/mol. The average Bonchev–Trinajstić information content (AvgIpc) is 2.63. The Morgan fingerprint density at radius 2 is 1.85 bits per heavy atom. The molecule has 0 fully saturated rings. The Bertz CT molecular complexity index is 806.